The minimum atomic E-state index is -0.152. The molecule has 0 heterocycles. The Hall–Kier alpha value is -1.06. The van der Waals surface area contributed by atoms with Crippen LogP contribution in [0.25, 0.3) is 0 Å². The van der Waals surface area contributed by atoms with E-state index in [4.69, 9.17) is 4.84 Å². The Morgan fingerprint density at radius 3 is 2.06 bits per heavy atom. The highest BCUT2D eigenvalue weighted by Gasteiger charge is 2.09. The lowest BCUT2D eigenvalue weighted by Gasteiger charge is -2.22. The van der Waals surface area contributed by atoms with Crippen molar-refractivity contribution in [2.75, 3.05) is 18.0 Å². The summed E-state index contributed by atoms with van der Waals surface area (Å²) in [6.45, 7) is 13.3. The molecule has 1 rings (SSSR count). The highest BCUT2D eigenvalue weighted by molar-refractivity contribution is 5.47. The summed E-state index contributed by atoms with van der Waals surface area (Å²) in [6, 6.07) is 8.63. The Kier molecular flexibility index (Phi) is 5.63. The van der Waals surface area contributed by atoms with Crippen molar-refractivity contribution < 1.29 is 4.84 Å². The summed E-state index contributed by atoms with van der Waals surface area (Å²) in [7, 11) is 0. The summed E-state index contributed by atoms with van der Waals surface area (Å²) in [5.41, 5.74) is 5.36. The van der Waals surface area contributed by atoms with Gasteiger partial charge in [0.15, 0.2) is 0 Å². The lowest BCUT2D eigenvalue weighted by atomic mass is 10.2. The fraction of sp³-hybridized carbons (Fsp3) is 0.600. The second-order valence-corrected chi connectivity index (χ2v) is 5.37. The molecule has 0 bridgehead atoms. The van der Waals surface area contributed by atoms with E-state index >= 15 is 0 Å². The maximum absolute atomic E-state index is 5.49. The van der Waals surface area contributed by atoms with Crippen molar-refractivity contribution in [3.8, 4) is 0 Å². The molecule has 18 heavy (non-hydrogen) atoms. The zero-order valence-corrected chi connectivity index (χ0v) is 12.3. The molecule has 1 N–H and O–H groups in total. The minimum absolute atomic E-state index is 0.152. The minimum Gasteiger partial charge on any atom is -0.372 e. The summed E-state index contributed by atoms with van der Waals surface area (Å²) in [4.78, 5) is 7.83. The Bertz CT molecular complexity index is 337. The molecular weight excluding hydrogens is 224 g/mol. The van der Waals surface area contributed by atoms with Crippen LogP contribution in [0.1, 0.15) is 40.2 Å². The van der Waals surface area contributed by atoms with Gasteiger partial charge in [0.25, 0.3) is 0 Å². The Morgan fingerprint density at radius 1 is 1.06 bits per heavy atom. The fourth-order valence-electron chi connectivity index (χ4n) is 1.75. The third-order valence-corrected chi connectivity index (χ3v) is 2.72. The van der Waals surface area contributed by atoms with E-state index < -0.39 is 0 Å². The summed E-state index contributed by atoms with van der Waals surface area (Å²) < 4.78 is 0. The van der Waals surface area contributed by atoms with Crippen molar-refractivity contribution in [2.45, 2.75) is 46.8 Å². The van der Waals surface area contributed by atoms with Gasteiger partial charge in [-0.05, 0) is 52.3 Å². The summed E-state index contributed by atoms with van der Waals surface area (Å²) in [6.07, 6.45) is 0. The van der Waals surface area contributed by atoms with E-state index in [0.29, 0.717) is 0 Å². The molecule has 0 saturated carbocycles. The number of nitrogens with zero attached hydrogens (tertiary/aromatic N) is 1. The van der Waals surface area contributed by atoms with Gasteiger partial charge in [0.05, 0.1) is 5.60 Å². The topological polar surface area (TPSA) is 24.5 Å². The monoisotopic (exact) mass is 250 g/mol. The van der Waals surface area contributed by atoms with Gasteiger partial charge in [-0.15, -0.1) is 0 Å². The van der Waals surface area contributed by atoms with Crippen molar-refractivity contribution in [2.24, 2.45) is 0 Å². The van der Waals surface area contributed by atoms with Gasteiger partial charge in [0.1, 0.15) is 0 Å². The molecule has 0 aromatic heterocycles. The van der Waals surface area contributed by atoms with Gasteiger partial charge in [-0.3, -0.25) is 4.84 Å². The van der Waals surface area contributed by atoms with Crippen molar-refractivity contribution >= 4 is 5.69 Å². The molecule has 3 heteroatoms. The van der Waals surface area contributed by atoms with Gasteiger partial charge >= 0.3 is 0 Å². The SMILES string of the molecule is CCN(CC)c1ccc(CNOC(C)(C)C)cc1. The predicted octanol–water partition coefficient (Wildman–Crippen LogP) is 3.35. The van der Waals surface area contributed by atoms with E-state index in [1.807, 2.05) is 20.8 Å². The van der Waals surface area contributed by atoms with Crippen LogP contribution in [0.15, 0.2) is 24.3 Å². The molecule has 0 aliphatic heterocycles. The Morgan fingerprint density at radius 2 is 1.61 bits per heavy atom. The summed E-state index contributed by atoms with van der Waals surface area (Å²) in [5.74, 6) is 0. The van der Waals surface area contributed by atoms with Crippen LogP contribution >= 0.6 is 0 Å². The second-order valence-electron chi connectivity index (χ2n) is 5.37. The van der Waals surface area contributed by atoms with E-state index in [1.54, 1.807) is 0 Å². The van der Waals surface area contributed by atoms with Crippen LogP contribution in [0, 0.1) is 0 Å². The van der Waals surface area contributed by atoms with Gasteiger partial charge in [-0.1, -0.05) is 12.1 Å². The molecule has 0 fully saturated rings. The number of anilines is 1. The molecule has 102 valence electrons. The number of hydrogen-bond acceptors (Lipinski definition) is 3. The first kappa shape index (κ1) is 15.0. The molecule has 1 aromatic carbocycles. The number of hydrogen-bond donors (Lipinski definition) is 1. The smallest absolute Gasteiger partial charge is 0.0813 e. The van der Waals surface area contributed by atoms with Gasteiger partial charge in [0.2, 0.25) is 0 Å². The molecule has 1 aromatic rings. The van der Waals surface area contributed by atoms with Crippen LogP contribution in [-0.2, 0) is 11.4 Å². The number of hydroxylamine groups is 1. The Labute approximate surface area is 111 Å². The molecule has 0 aliphatic carbocycles. The summed E-state index contributed by atoms with van der Waals surface area (Å²) >= 11 is 0. The molecular formula is C15H26N2O. The number of rotatable bonds is 6. The molecule has 0 amide bonds. The number of benzene rings is 1. The average molecular weight is 250 g/mol. The van der Waals surface area contributed by atoms with Gasteiger partial charge < -0.3 is 4.90 Å². The van der Waals surface area contributed by atoms with Gasteiger partial charge in [0, 0.05) is 25.3 Å². The Balaban J connectivity index is 2.50. The second kappa shape index (κ2) is 6.76. The van der Waals surface area contributed by atoms with Crippen molar-refractivity contribution in [3.63, 3.8) is 0 Å². The molecule has 3 nitrogen and oxygen atoms in total. The van der Waals surface area contributed by atoms with Gasteiger partial charge in [-0.2, -0.15) is 5.48 Å². The molecule has 0 radical (unpaired) electrons. The van der Waals surface area contributed by atoms with E-state index in [9.17, 15) is 0 Å². The molecule has 0 aliphatic rings. The highest BCUT2D eigenvalue weighted by atomic mass is 16.7. The lowest BCUT2D eigenvalue weighted by molar-refractivity contribution is -0.0757. The largest absolute Gasteiger partial charge is 0.372 e. The maximum atomic E-state index is 5.49. The van der Waals surface area contributed by atoms with Crippen molar-refractivity contribution in [1.82, 2.24) is 5.48 Å². The van der Waals surface area contributed by atoms with Crippen molar-refractivity contribution in [1.29, 1.82) is 0 Å². The van der Waals surface area contributed by atoms with E-state index in [0.717, 1.165) is 19.6 Å². The van der Waals surface area contributed by atoms with Crippen molar-refractivity contribution in [3.05, 3.63) is 29.8 Å². The quantitative estimate of drug-likeness (QED) is 0.784. The standard InChI is InChI=1S/C15H26N2O/c1-6-17(7-2)14-10-8-13(9-11-14)12-16-18-15(3,4)5/h8-11,16H,6-7,12H2,1-5H3. The van der Waals surface area contributed by atoms with Crippen LogP contribution in [0.5, 0.6) is 0 Å². The van der Waals surface area contributed by atoms with Crippen LogP contribution in [0.4, 0.5) is 5.69 Å². The zero-order chi connectivity index (χ0) is 13.6. The summed E-state index contributed by atoms with van der Waals surface area (Å²) in [5, 5.41) is 0. The third-order valence-electron chi connectivity index (χ3n) is 2.72. The highest BCUT2D eigenvalue weighted by Crippen LogP contribution is 2.15. The fourth-order valence-corrected chi connectivity index (χ4v) is 1.75. The number of nitrogens with one attached hydrogen (secondary N) is 1. The van der Waals surface area contributed by atoms with E-state index in [1.165, 1.54) is 11.3 Å². The first-order valence-corrected chi connectivity index (χ1v) is 6.71. The van der Waals surface area contributed by atoms with Crippen LogP contribution in [0.2, 0.25) is 0 Å². The van der Waals surface area contributed by atoms with Crippen LogP contribution in [0.3, 0.4) is 0 Å². The predicted molar refractivity (Wildman–Crippen MR) is 77.7 cm³/mol. The molecule has 0 saturated heterocycles. The first-order valence-electron chi connectivity index (χ1n) is 6.71. The normalized spacial score (nSPS) is 11.6. The molecule has 0 unspecified atom stereocenters. The lowest BCUT2D eigenvalue weighted by Crippen LogP contribution is -2.28. The third kappa shape index (κ3) is 5.07. The molecule has 0 atom stereocenters. The van der Waals surface area contributed by atoms with Gasteiger partial charge in [-0.25, -0.2) is 0 Å². The van der Waals surface area contributed by atoms with E-state index in [2.05, 4.69) is 48.5 Å². The maximum Gasteiger partial charge on any atom is 0.0813 e. The first-order chi connectivity index (χ1) is 8.46. The van der Waals surface area contributed by atoms with Crippen LogP contribution < -0.4 is 10.4 Å². The average Bonchev–Trinajstić information content (AvgIpc) is 2.31. The van der Waals surface area contributed by atoms with E-state index in [-0.39, 0.29) is 5.60 Å². The van der Waals surface area contributed by atoms with Crippen LogP contribution in [-0.4, -0.2) is 18.7 Å². The molecule has 0 spiro atoms. The zero-order valence-electron chi connectivity index (χ0n) is 12.3.